The first kappa shape index (κ1) is 66.4. The fourth-order valence-corrected chi connectivity index (χ4v) is 9.46. The van der Waals surface area contributed by atoms with Crippen LogP contribution in [0.2, 0.25) is 0 Å². The summed E-state index contributed by atoms with van der Waals surface area (Å²) in [7, 11) is 0. The van der Waals surface area contributed by atoms with Gasteiger partial charge in [0.15, 0.2) is 18.7 Å². The summed E-state index contributed by atoms with van der Waals surface area (Å²) in [5.74, 6) is -0.948. The second-order valence-electron chi connectivity index (χ2n) is 20.8. The number of carbonyl (C=O) groups is 2. The fraction of sp³-hybridized carbons (Fsp3) is 0.930. The third-order valence-corrected chi connectivity index (χ3v) is 14.2. The lowest BCUT2D eigenvalue weighted by atomic mass is 9.98. The molecule has 0 spiro atoms. The predicted molar refractivity (Wildman–Crippen MR) is 280 cm³/mol. The third kappa shape index (κ3) is 31.3. The molecule has 0 aromatic heterocycles. The summed E-state index contributed by atoms with van der Waals surface area (Å²) in [6.45, 7) is 2.61. The lowest BCUT2D eigenvalue weighted by molar-refractivity contribution is -0.332. The topological polar surface area (TPSA) is 231 Å². The van der Waals surface area contributed by atoms with Gasteiger partial charge in [0.1, 0.15) is 55.4 Å². The molecule has 0 aliphatic carbocycles. The molecule has 15 nitrogen and oxygen atoms in total. The minimum Gasteiger partial charge on any atom is -0.462 e. The normalized spacial score (nSPS) is 25.0. The number of aliphatic hydroxyl groups excluding tert-OH is 7. The van der Waals surface area contributed by atoms with Crippen molar-refractivity contribution in [3.8, 4) is 0 Å². The van der Waals surface area contributed by atoms with Crippen LogP contribution in [0, 0.1) is 0 Å². The zero-order valence-electron chi connectivity index (χ0n) is 45.2. The molecule has 2 aliphatic heterocycles. The largest absolute Gasteiger partial charge is 0.462 e. The average molecular weight is 1030 g/mol. The molecule has 2 heterocycles. The van der Waals surface area contributed by atoms with Gasteiger partial charge < -0.3 is 64.2 Å². The Morgan fingerprint density at radius 1 is 0.431 bits per heavy atom. The molecule has 4 unspecified atom stereocenters. The van der Waals surface area contributed by atoms with E-state index in [-0.39, 0.29) is 26.1 Å². The first-order valence-electron chi connectivity index (χ1n) is 29.3. The first-order valence-corrected chi connectivity index (χ1v) is 29.3. The van der Waals surface area contributed by atoms with Crippen LogP contribution < -0.4 is 0 Å². The van der Waals surface area contributed by atoms with Gasteiger partial charge in [0.25, 0.3) is 0 Å². The molecule has 0 radical (unpaired) electrons. The van der Waals surface area contributed by atoms with E-state index in [1.165, 1.54) is 167 Å². The van der Waals surface area contributed by atoms with E-state index in [0.29, 0.717) is 19.3 Å². The van der Waals surface area contributed by atoms with Crippen LogP contribution in [0.5, 0.6) is 0 Å². The highest BCUT2D eigenvalue weighted by molar-refractivity contribution is 5.70. The van der Waals surface area contributed by atoms with Crippen LogP contribution >= 0.6 is 0 Å². The Hall–Kier alpha value is -1.76. The van der Waals surface area contributed by atoms with Gasteiger partial charge in [-0.1, -0.05) is 212 Å². The zero-order valence-corrected chi connectivity index (χ0v) is 45.2. The zero-order chi connectivity index (χ0) is 52.4. The molecule has 2 saturated heterocycles. The lowest BCUT2D eigenvalue weighted by Gasteiger charge is -2.42. The van der Waals surface area contributed by atoms with Gasteiger partial charge in [0.2, 0.25) is 0 Å². The van der Waals surface area contributed by atoms with E-state index in [0.717, 1.165) is 32.1 Å². The molecule has 11 atom stereocenters. The minimum absolute atomic E-state index is 0.123. The van der Waals surface area contributed by atoms with E-state index in [9.17, 15) is 45.3 Å². The molecule has 0 aromatic rings. The van der Waals surface area contributed by atoms with Crippen molar-refractivity contribution in [1.29, 1.82) is 0 Å². The number of rotatable bonds is 47. The van der Waals surface area contributed by atoms with Crippen molar-refractivity contribution in [2.45, 2.75) is 313 Å². The Balaban J connectivity index is 1.74. The number of hydrogen-bond donors (Lipinski definition) is 7. The summed E-state index contributed by atoms with van der Waals surface area (Å²) in [6, 6.07) is 0. The second kappa shape index (κ2) is 44.4. The van der Waals surface area contributed by atoms with Crippen LogP contribution in [0.1, 0.15) is 245 Å². The van der Waals surface area contributed by atoms with Crippen LogP contribution in [0.15, 0.2) is 12.2 Å². The quantitative estimate of drug-likeness (QED) is 0.0171. The minimum atomic E-state index is -1.77. The molecule has 0 amide bonds. The van der Waals surface area contributed by atoms with Gasteiger partial charge >= 0.3 is 11.9 Å². The van der Waals surface area contributed by atoms with Crippen LogP contribution in [-0.4, -0.2) is 142 Å². The Labute approximate surface area is 435 Å². The Morgan fingerprint density at radius 2 is 0.806 bits per heavy atom. The molecule has 2 aliphatic rings. The highest BCUT2D eigenvalue weighted by Gasteiger charge is 2.47. The van der Waals surface area contributed by atoms with Gasteiger partial charge in [-0.3, -0.25) is 9.59 Å². The summed E-state index contributed by atoms with van der Waals surface area (Å²) in [6.07, 6.45) is 29.7. The molecule has 0 saturated carbocycles. The van der Waals surface area contributed by atoms with Gasteiger partial charge in [0, 0.05) is 12.8 Å². The molecular formula is C57H106O15. The van der Waals surface area contributed by atoms with Crippen molar-refractivity contribution < 1.29 is 73.8 Å². The van der Waals surface area contributed by atoms with Gasteiger partial charge in [-0.25, -0.2) is 0 Å². The Bertz CT molecular complexity index is 1300. The molecular weight excluding hydrogens is 925 g/mol. The average Bonchev–Trinajstić information content (AvgIpc) is 3.37. The maximum absolute atomic E-state index is 13.0. The van der Waals surface area contributed by atoms with Crippen molar-refractivity contribution in [3.63, 3.8) is 0 Å². The van der Waals surface area contributed by atoms with E-state index < -0.39 is 92.7 Å². The standard InChI is InChI=1S/C57H106O15/c1-3-5-7-9-11-13-15-17-18-19-20-21-22-23-24-25-26-28-30-32-34-36-38-40-49(60)70-45(42-67-48(59)39-37-35-33-31-29-27-16-14-12-10-8-6-4-2)43-68-56-55(66)53(64)51(62)47(72-56)44-69-57-54(65)52(63)50(61)46(41-58)71-57/h32,34,45-47,50-58,61-66H,3-31,33,35-44H2,1-2H3/b34-32+/t45-,46+,47+,50-,51-,52?,53?,54?,55?,56+,57+/m1/s1. The van der Waals surface area contributed by atoms with E-state index in [1.54, 1.807) is 0 Å². The molecule has 0 bridgehead atoms. The molecule has 15 heteroatoms. The molecule has 2 rings (SSSR count). The number of carbonyl (C=O) groups excluding carboxylic acids is 2. The van der Waals surface area contributed by atoms with Crippen LogP contribution in [0.3, 0.4) is 0 Å². The van der Waals surface area contributed by atoms with Gasteiger partial charge in [-0.15, -0.1) is 0 Å². The lowest BCUT2D eigenvalue weighted by Crippen LogP contribution is -2.61. The molecule has 424 valence electrons. The smallest absolute Gasteiger partial charge is 0.306 e. The highest BCUT2D eigenvalue weighted by atomic mass is 16.7. The maximum atomic E-state index is 13.0. The maximum Gasteiger partial charge on any atom is 0.306 e. The number of hydrogen-bond acceptors (Lipinski definition) is 15. The van der Waals surface area contributed by atoms with Gasteiger partial charge in [0.05, 0.1) is 19.8 Å². The van der Waals surface area contributed by atoms with Crippen LogP contribution in [0.4, 0.5) is 0 Å². The fourth-order valence-electron chi connectivity index (χ4n) is 9.46. The van der Waals surface area contributed by atoms with E-state index >= 15 is 0 Å². The van der Waals surface area contributed by atoms with Gasteiger partial charge in [-0.2, -0.15) is 0 Å². The van der Waals surface area contributed by atoms with Crippen molar-refractivity contribution in [3.05, 3.63) is 12.2 Å². The predicted octanol–water partition coefficient (Wildman–Crippen LogP) is 9.72. The molecule has 72 heavy (non-hydrogen) atoms. The highest BCUT2D eigenvalue weighted by Crippen LogP contribution is 2.27. The number of unbranched alkanes of at least 4 members (excludes halogenated alkanes) is 31. The SMILES string of the molecule is CCCCCCCCCCCCCCCCCCCC/C=C/CCCC(=O)O[C@H](COC(=O)CCCCCCCCCCCCCCC)CO[C@H]1O[C@@H](CO[C@H]2O[C@@H](CO)[C@@H](O)C(O)C2O)[C@@H](O)C(O)C1O. The first-order chi connectivity index (χ1) is 35.0. The molecule has 7 N–H and O–H groups in total. The summed E-state index contributed by atoms with van der Waals surface area (Å²) in [4.78, 5) is 25.8. The monoisotopic (exact) mass is 1030 g/mol. The van der Waals surface area contributed by atoms with Crippen molar-refractivity contribution in [2.75, 3.05) is 26.4 Å². The molecule has 2 fully saturated rings. The van der Waals surface area contributed by atoms with Crippen molar-refractivity contribution in [2.24, 2.45) is 0 Å². The number of esters is 2. The Kier molecular flexibility index (Phi) is 40.9. The number of aliphatic hydroxyl groups is 7. The molecule has 0 aromatic carbocycles. The summed E-state index contributed by atoms with van der Waals surface area (Å²) < 4.78 is 33.6. The van der Waals surface area contributed by atoms with E-state index in [1.807, 2.05) is 0 Å². The van der Waals surface area contributed by atoms with Gasteiger partial charge in [-0.05, 0) is 32.1 Å². The second-order valence-corrected chi connectivity index (χ2v) is 20.8. The summed E-state index contributed by atoms with van der Waals surface area (Å²) in [5.41, 5.74) is 0. The van der Waals surface area contributed by atoms with Crippen molar-refractivity contribution in [1.82, 2.24) is 0 Å². The van der Waals surface area contributed by atoms with E-state index in [2.05, 4.69) is 26.0 Å². The summed E-state index contributed by atoms with van der Waals surface area (Å²) >= 11 is 0. The van der Waals surface area contributed by atoms with E-state index in [4.69, 9.17) is 28.4 Å². The van der Waals surface area contributed by atoms with Crippen molar-refractivity contribution >= 4 is 11.9 Å². The van der Waals surface area contributed by atoms with Crippen LogP contribution in [0.25, 0.3) is 0 Å². The summed E-state index contributed by atoms with van der Waals surface area (Å²) in [5, 5.41) is 72.2. The Morgan fingerprint density at radius 3 is 1.26 bits per heavy atom. The van der Waals surface area contributed by atoms with Crippen LogP contribution in [-0.2, 0) is 38.0 Å². The number of ether oxygens (including phenoxy) is 6. The third-order valence-electron chi connectivity index (χ3n) is 14.2. The number of allylic oxidation sites excluding steroid dienone is 2.